The molecule has 0 heterocycles. The number of amides is 1. The molecule has 110 valence electrons. The highest BCUT2D eigenvalue weighted by atomic mass is 35.5. The molecule has 2 N–H and O–H groups in total. The number of para-hydroxylation sites is 2. The van der Waals surface area contributed by atoms with Gasteiger partial charge < -0.3 is 10.6 Å². The van der Waals surface area contributed by atoms with E-state index in [9.17, 15) is 4.79 Å². The van der Waals surface area contributed by atoms with Crippen LogP contribution in [-0.2, 0) is 0 Å². The first-order chi connectivity index (χ1) is 10.0. The second-order valence-corrected chi connectivity index (χ2v) is 5.47. The predicted molar refractivity (Wildman–Crippen MR) is 89.0 cm³/mol. The van der Waals surface area contributed by atoms with Crippen LogP contribution >= 0.6 is 11.6 Å². The summed E-state index contributed by atoms with van der Waals surface area (Å²) in [5, 5.41) is 0.566. The Bertz CT molecular complexity index is 635. The molecule has 0 bridgehead atoms. The summed E-state index contributed by atoms with van der Waals surface area (Å²) >= 11 is 6.06. The highest BCUT2D eigenvalue weighted by molar-refractivity contribution is 6.31. The molecule has 0 spiro atoms. The summed E-state index contributed by atoms with van der Waals surface area (Å²) in [6.07, 6.45) is 0.847. The van der Waals surface area contributed by atoms with Crippen LogP contribution in [0, 0.1) is 6.92 Å². The quantitative estimate of drug-likeness (QED) is 0.857. The Balaban J connectivity index is 2.42. The van der Waals surface area contributed by atoms with Crippen LogP contribution in [0.1, 0.15) is 29.3 Å². The molecule has 0 saturated carbocycles. The maximum atomic E-state index is 12.8. The zero-order chi connectivity index (χ0) is 15.4. The summed E-state index contributed by atoms with van der Waals surface area (Å²) in [7, 11) is 0. The fraction of sp³-hybridized carbons (Fsp3) is 0.235. The van der Waals surface area contributed by atoms with E-state index >= 15 is 0 Å². The third-order valence-corrected chi connectivity index (χ3v) is 3.43. The van der Waals surface area contributed by atoms with Gasteiger partial charge in [0.2, 0.25) is 0 Å². The molecule has 0 atom stereocenters. The maximum Gasteiger partial charge on any atom is 0.258 e. The maximum absolute atomic E-state index is 12.8. The standard InChI is InChI=1S/C17H19ClN2O/c1-3-8-20(16-7-5-4-6-15(16)19)17(21)13-9-12(2)10-14(18)11-13/h4-7,9-11H,3,8,19H2,1-2H3. The third kappa shape index (κ3) is 3.56. The van der Waals surface area contributed by atoms with Crippen molar-refractivity contribution >= 4 is 28.9 Å². The summed E-state index contributed by atoms with van der Waals surface area (Å²) in [6.45, 7) is 4.56. The molecule has 0 aliphatic carbocycles. The van der Waals surface area contributed by atoms with E-state index in [1.807, 2.05) is 44.2 Å². The fourth-order valence-electron chi connectivity index (χ4n) is 2.30. The average Bonchev–Trinajstić information content (AvgIpc) is 2.44. The average molecular weight is 303 g/mol. The molecule has 3 nitrogen and oxygen atoms in total. The van der Waals surface area contributed by atoms with Crippen LogP contribution in [0.15, 0.2) is 42.5 Å². The van der Waals surface area contributed by atoms with Crippen molar-refractivity contribution in [1.29, 1.82) is 0 Å². The van der Waals surface area contributed by atoms with Crippen LogP contribution in [0.25, 0.3) is 0 Å². The largest absolute Gasteiger partial charge is 0.397 e. The van der Waals surface area contributed by atoms with Gasteiger partial charge in [0.1, 0.15) is 0 Å². The lowest BCUT2D eigenvalue weighted by atomic mass is 10.1. The Kier molecular flexibility index (Phi) is 4.86. The minimum Gasteiger partial charge on any atom is -0.397 e. The summed E-state index contributed by atoms with van der Waals surface area (Å²) in [4.78, 5) is 14.5. The molecule has 2 aromatic rings. The molecule has 0 radical (unpaired) electrons. The topological polar surface area (TPSA) is 46.3 Å². The van der Waals surface area contributed by atoms with Gasteiger partial charge >= 0.3 is 0 Å². The van der Waals surface area contributed by atoms with Gasteiger partial charge in [-0.15, -0.1) is 0 Å². The van der Waals surface area contributed by atoms with Gasteiger partial charge in [-0.25, -0.2) is 0 Å². The molecule has 0 aliphatic heterocycles. The molecule has 0 fully saturated rings. The van der Waals surface area contributed by atoms with Crippen molar-refractivity contribution in [2.75, 3.05) is 17.2 Å². The first-order valence-electron chi connectivity index (χ1n) is 6.96. The number of carbonyl (C=O) groups excluding carboxylic acids is 1. The number of hydrogen-bond donors (Lipinski definition) is 1. The third-order valence-electron chi connectivity index (χ3n) is 3.21. The Morgan fingerprint density at radius 3 is 2.57 bits per heavy atom. The SMILES string of the molecule is CCCN(C(=O)c1cc(C)cc(Cl)c1)c1ccccc1N. The first-order valence-corrected chi connectivity index (χ1v) is 7.34. The number of aryl methyl sites for hydroxylation is 1. The van der Waals surface area contributed by atoms with E-state index in [4.69, 9.17) is 17.3 Å². The second-order valence-electron chi connectivity index (χ2n) is 5.03. The Labute approximate surface area is 130 Å². The van der Waals surface area contributed by atoms with E-state index in [0.717, 1.165) is 17.7 Å². The number of nitrogen functional groups attached to an aromatic ring is 1. The zero-order valence-corrected chi connectivity index (χ0v) is 13.0. The van der Waals surface area contributed by atoms with Gasteiger partial charge in [0, 0.05) is 17.1 Å². The van der Waals surface area contributed by atoms with Gasteiger partial charge in [0.05, 0.1) is 11.4 Å². The molecule has 0 unspecified atom stereocenters. The van der Waals surface area contributed by atoms with Crippen molar-refractivity contribution in [1.82, 2.24) is 0 Å². The van der Waals surface area contributed by atoms with Crippen molar-refractivity contribution in [2.45, 2.75) is 20.3 Å². The first kappa shape index (κ1) is 15.4. The number of nitrogens with zero attached hydrogens (tertiary/aromatic N) is 1. The van der Waals surface area contributed by atoms with Gasteiger partial charge in [0.15, 0.2) is 0 Å². The number of rotatable bonds is 4. The number of halogens is 1. The van der Waals surface area contributed by atoms with E-state index in [0.29, 0.717) is 22.8 Å². The van der Waals surface area contributed by atoms with Crippen LogP contribution < -0.4 is 10.6 Å². The van der Waals surface area contributed by atoms with Crippen LogP contribution in [-0.4, -0.2) is 12.5 Å². The lowest BCUT2D eigenvalue weighted by Gasteiger charge is -2.24. The Hall–Kier alpha value is -2.00. The molecule has 0 aliphatic rings. The Morgan fingerprint density at radius 2 is 1.95 bits per heavy atom. The van der Waals surface area contributed by atoms with Gasteiger partial charge in [-0.3, -0.25) is 4.79 Å². The summed E-state index contributed by atoms with van der Waals surface area (Å²) in [5.74, 6) is -0.0830. The molecule has 2 rings (SSSR count). The number of carbonyl (C=O) groups is 1. The molecule has 0 saturated heterocycles. The van der Waals surface area contributed by atoms with Crippen LogP contribution in [0.3, 0.4) is 0 Å². The normalized spacial score (nSPS) is 10.4. The Morgan fingerprint density at radius 1 is 1.24 bits per heavy atom. The minimum atomic E-state index is -0.0830. The van der Waals surface area contributed by atoms with E-state index < -0.39 is 0 Å². The number of hydrogen-bond acceptors (Lipinski definition) is 2. The van der Waals surface area contributed by atoms with E-state index in [2.05, 4.69) is 0 Å². The van der Waals surface area contributed by atoms with E-state index in [-0.39, 0.29) is 5.91 Å². The van der Waals surface area contributed by atoms with Crippen LogP contribution in [0.2, 0.25) is 5.02 Å². The predicted octanol–water partition coefficient (Wildman–Crippen LogP) is 4.29. The fourth-order valence-corrected chi connectivity index (χ4v) is 2.59. The molecular weight excluding hydrogens is 284 g/mol. The van der Waals surface area contributed by atoms with Gasteiger partial charge in [-0.05, 0) is 49.2 Å². The van der Waals surface area contributed by atoms with Gasteiger partial charge in [-0.2, -0.15) is 0 Å². The number of anilines is 2. The molecule has 0 aromatic heterocycles. The van der Waals surface area contributed by atoms with Crippen molar-refractivity contribution in [2.24, 2.45) is 0 Å². The van der Waals surface area contributed by atoms with Crippen molar-refractivity contribution < 1.29 is 4.79 Å². The monoisotopic (exact) mass is 302 g/mol. The zero-order valence-electron chi connectivity index (χ0n) is 12.3. The second kappa shape index (κ2) is 6.64. The summed E-state index contributed by atoms with van der Waals surface area (Å²) in [5.41, 5.74) is 8.88. The van der Waals surface area contributed by atoms with Crippen LogP contribution in [0.4, 0.5) is 11.4 Å². The van der Waals surface area contributed by atoms with Crippen LogP contribution in [0.5, 0.6) is 0 Å². The molecule has 4 heteroatoms. The molecule has 1 amide bonds. The summed E-state index contributed by atoms with van der Waals surface area (Å²) in [6, 6.07) is 12.8. The van der Waals surface area contributed by atoms with Gasteiger partial charge in [-0.1, -0.05) is 30.7 Å². The van der Waals surface area contributed by atoms with E-state index in [1.165, 1.54) is 0 Å². The smallest absolute Gasteiger partial charge is 0.258 e. The van der Waals surface area contributed by atoms with E-state index in [1.54, 1.807) is 17.0 Å². The van der Waals surface area contributed by atoms with Crippen molar-refractivity contribution in [3.05, 3.63) is 58.6 Å². The lowest BCUT2D eigenvalue weighted by molar-refractivity contribution is 0.0987. The molecule has 21 heavy (non-hydrogen) atoms. The highest BCUT2D eigenvalue weighted by Crippen LogP contribution is 2.25. The van der Waals surface area contributed by atoms with Crippen molar-refractivity contribution in [3.8, 4) is 0 Å². The lowest BCUT2D eigenvalue weighted by Crippen LogP contribution is -2.32. The van der Waals surface area contributed by atoms with Gasteiger partial charge in [0.25, 0.3) is 5.91 Å². The highest BCUT2D eigenvalue weighted by Gasteiger charge is 2.19. The minimum absolute atomic E-state index is 0.0830. The number of nitrogens with two attached hydrogens (primary N) is 1. The number of benzene rings is 2. The molecule has 2 aromatic carbocycles. The van der Waals surface area contributed by atoms with Crippen molar-refractivity contribution in [3.63, 3.8) is 0 Å². The molecular formula is C17H19ClN2O. The summed E-state index contributed by atoms with van der Waals surface area (Å²) < 4.78 is 0.